The van der Waals surface area contributed by atoms with E-state index in [1.54, 1.807) is 33.2 Å². The molecule has 0 aromatic carbocycles. The first-order valence-electron chi connectivity index (χ1n) is 8.06. The summed E-state index contributed by atoms with van der Waals surface area (Å²) in [6.07, 6.45) is 4.00. The number of unbranched alkanes of at least 4 members (excludes halogenated alkanes) is 3. The van der Waals surface area contributed by atoms with Crippen molar-refractivity contribution < 1.29 is 22.9 Å². The van der Waals surface area contributed by atoms with Gasteiger partial charge < -0.3 is 23.5 Å². The van der Waals surface area contributed by atoms with Crippen LogP contribution in [0.3, 0.4) is 0 Å². The summed E-state index contributed by atoms with van der Waals surface area (Å²) >= 11 is 0. The summed E-state index contributed by atoms with van der Waals surface area (Å²) in [5.74, 6) is -0.0319. The highest BCUT2D eigenvalue weighted by molar-refractivity contribution is 6.60. The second kappa shape index (κ2) is 12.5. The van der Waals surface area contributed by atoms with Crippen LogP contribution in [-0.4, -0.2) is 66.5 Å². The quantitative estimate of drug-likeness (QED) is 0.402. The van der Waals surface area contributed by atoms with Crippen LogP contribution in [0, 0.1) is 0 Å². The molecule has 136 valence electrons. The molecule has 1 N–H and O–H groups in total. The van der Waals surface area contributed by atoms with Gasteiger partial charge in [-0.25, -0.2) is 0 Å². The van der Waals surface area contributed by atoms with Gasteiger partial charge in [0.05, 0.1) is 0 Å². The summed E-state index contributed by atoms with van der Waals surface area (Å²) in [6.45, 7) is 4.81. The average molecular weight is 349 g/mol. The molecule has 0 heterocycles. The molecular formula is C15H32N2O5Si. The van der Waals surface area contributed by atoms with E-state index >= 15 is 0 Å². The lowest BCUT2D eigenvalue weighted by molar-refractivity contribution is -0.129. The zero-order valence-corrected chi connectivity index (χ0v) is 16.1. The molecule has 7 nitrogen and oxygen atoms in total. The number of nitrogens with zero attached hydrogens (tertiary/aromatic N) is 1. The molecule has 0 saturated carbocycles. The molecular weight excluding hydrogens is 316 g/mol. The summed E-state index contributed by atoms with van der Waals surface area (Å²) in [4.78, 5) is 24.2. The molecule has 0 aromatic rings. The minimum Gasteiger partial charge on any atom is -0.377 e. The highest BCUT2D eigenvalue weighted by atomic mass is 28.4. The second-order valence-electron chi connectivity index (χ2n) is 5.45. The molecule has 2 amide bonds. The van der Waals surface area contributed by atoms with Crippen molar-refractivity contribution >= 4 is 20.6 Å². The summed E-state index contributed by atoms with van der Waals surface area (Å²) in [5, 5.41) is 2.71. The first-order valence-corrected chi connectivity index (χ1v) is 9.99. The Hall–Kier alpha value is -0.963. The Balaban J connectivity index is 3.90. The van der Waals surface area contributed by atoms with Gasteiger partial charge in [-0.3, -0.25) is 9.59 Å². The molecule has 8 heteroatoms. The van der Waals surface area contributed by atoms with Crippen LogP contribution in [0.2, 0.25) is 6.04 Å². The highest BCUT2D eigenvalue weighted by Crippen LogP contribution is 2.17. The Labute approximate surface area is 141 Å². The molecule has 0 aliphatic carbocycles. The van der Waals surface area contributed by atoms with Crippen LogP contribution in [0.5, 0.6) is 0 Å². The highest BCUT2D eigenvalue weighted by Gasteiger charge is 2.36. The van der Waals surface area contributed by atoms with Crippen molar-refractivity contribution in [3.63, 3.8) is 0 Å². The topological polar surface area (TPSA) is 77.1 Å². The number of carbonyl (C=O) groups is 2. The Morgan fingerprint density at radius 3 is 1.96 bits per heavy atom. The van der Waals surface area contributed by atoms with E-state index in [4.69, 9.17) is 13.3 Å². The fourth-order valence-corrected chi connectivity index (χ4v) is 4.14. The smallest absolute Gasteiger partial charge is 0.377 e. The van der Waals surface area contributed by atoms with Crippen LogP contribution in [0.15, 0.2) is 0 Å². The molecule has 23 heavy (non-hydrogen) atoms. The third-order valence-corrected chi connectivity index (χ3v) is 6.63. The van der Waals surface area contributed by atoms with Crippen LogP contribution in [-0.2, 0) is 22.9 Å². The maximum absolute atomic E-state index is 11.6. The second-order valence-corrected chi connectivity index (χ2v) is 8.54. The van der Waals surface area contributed by atoms with E-state index in [0.717, 1.165) is 38.3 Å². The minimum atomic E-state index is -2.45. The van der Waals surface area contributed by atoms with Crippen molar-refractivity contribution in [2.75, 3.05) is 41.0 Å². The summed E-state index contributed by atoms with van der Waals surface area (Å²) in [5.41, 5.74) is 0. The van der Waals surface area contributed by atoms with E-state index in [2.05, 4.69) is 5.32 Å². The number of nitrogens with one attached hydrogen (secondary N) is 1. The van der Waals surface area contributed by atoms with Gasteiger partial charge in [-0.1, -0.05) is 12.8 Å². The molecule has 0 spiro atoms. The molecule has 0 aromatic heterocycles. The van der Waals surface area contributed by atoms with E-state index in [1.807, 2.05) is 0 Å². The first-order chi connectivity index (χ1) is 10.9. The minimum absolute atomic E-state index is 0.0416. The molecule has 0 atom stereocenters. The average Bonchev–Trinajstić information content (AvgIpc) is 2.52. The molecule has 0 unspecified atom stereocenters. The molecule has 0 rings (SSSR count). The van der Waals surface area contributed by atoms with Gasteiger partial charge in [-0.15, -0.1) is 0 Å². The van der Waals surface area contributed by atoms with E-state index < -0.39 is 8.80 Å². The summed E-state index contributed by atoms with van der Waals surface area (Å²) in [6, 6.07) is 0.801. The van der Waals surface area contributed by atoms with Gasteiger partial charge in [-0.2, -0.15) is 0 Å². The zero-order valence-electron chi connectivity index (χ0n) is 15.1. The lowest BCUT2D eigenvalue weighted by atomic mass is 10.2. The summed E-state index contributed by atoms with van der Waals surface area (Å²) < 4.78 is 16.1. The Kier molecular flexibility index (Phi) is 11.9. The van der Waals surface area contributed by atoms with E-state index in [0.29, 0.717) is 13.1 Å². The van der Waals surface area contributed by atoms with Gasteiger partial charge in [0, 0.05) is 60.9 Å². The van der Waals surface area contributed by atoms with Crippen molar-refractivity contribution in [2.45, 2.75) is 45.6 Å². The predicted octanol–water partition coefficient (Wildman–Crippen LogP) is 1.41. The van der Waals surface area contributed by atoms with Crippen molar-refractivity contribution in [1.29, 1.82) is 0 Å². The molecule has 0 saturated heterocycles. The molecule has 0 aliphatic rings. The number of rotatable bonds is 13. The van der Waals surface area contributed by atoms with Crippen LogP contribution in [0.25, 0.3) is 0 Å². The van der Waals surface area contributed by atoms with E-state index in [9.17, 15) is 9.59 Å². The van der Waals surface area contributed by atoms with Crippen molar-refractivity contribution in [2.24, 2.45) is 0 Å². The molecule has 0 radical (unpaired) electrons. The fourth-order valence-electron chi connectivity index (χ4n) is 2.35. The first kappa shape index (κ1) is 22.0. The number of hydrogen-bond acceptors (Lipinski definition) is 5. The third-order valence-electron chi connectivity index (χ3n) is 3.80. The number of hydrogen-bond donors (Lipinski definition) is 1. The van der Waals surface area contributed by atoms with Crippen molar-refractivity contribution in [3.05, 3.63) is 0 Å². The Bertz CT molecular complexity index is 342. The van der Waals surface area contributed by atoms with E-state index in [1.165, 1.54) is 6.92 Å². The van der Waals surface area contributed by atoms with Crippen LogP contribution in [0.4, 0.5) is 0 Å². The van der Waals surface area contributed by atoms with Crippen LogP contribution >= 0.6 is 0 Å². The lowest BCUT2D eigenvalue weighted by Crippen LogP contribution is -2.42. The zero-order chi connectivity index (χ0) is 17.7. The SMILES string of the molecule is CO[Si](CCCCCCN(CCNC(C)=O)C(C)=O)(OC)OC. The Morgan fingerprint density at radius 2 is 1.48 bits per heavy atom. The van der Waals surface area contributed by atoms with Gasteiger partial charge in [0.25, 0.3) is 0 Å². The fraction of sp³-hybridized carbons (Fsp3) is 0.867. The normalized spacial score (nSPS) is 11.3. The number of amides is 2. The van der Waals surface area contributed by atoms with Crippen LogP contribution < -0.4 is 5.32 Å². The van der Waals surface area contributed by atoms with Gasteiger partial charge in [0.1, 0.15) is 0 Å². The van der Waals surface area contributed by atoms with Gasteiger partial charge in [0.2, 0.25) is 11.8 Å². The maximum atomic E-state index is 11.6. The van der Waals surface area contributed by atoms with Crippen LogP contribution in [0.1, 0.15) is 39.5 Å². The van der Waals surface area contributed by atoms with Gasteiger partial charge in [0.15, 0.2) is 0 Å². The number of carbonyl (C=O) groups excluding carboxylic acids is 2. The van der Waals surface area contributed by atoms with Crippen molar-refractivity contribution in [1.82, 2.24) is 10.2 Å². The third kappa shape index (κ3) is 9.70. The Morgan fingerprint density at radius 1 is 0.913 bits per heavy atom. The predicted molar refractivity (Wildman–Crippen MR) is 91.0 cm³/mol. The van der Waals surface area contributed by atoms with E-state index in [-0.39, 0.29) is 11.8 Å². The monoisotopic (exact) mass is 348 g/mol. The largest absolute Gasteiger partial charge is 0.500 e. The summed E-state index contributed by atoms with van der Waals surface area (Å²) in [7, 11) is 2.42. The van der Waals surface area contributed by atoms with Gasteiger partial charge >= 0.3 is 8.80 Å². The maximum Gasteiger partial charge on any atom is 0.500 e. The van der Waals surface area contributed by atoms with Gasteiger partial charge in [-0.05, 0) is 12.8 Å². The van der Waals surface area contributed by atoms with Crippen molar-refractivity contribution in [3.8, 4) is 0 Å². The molecule has 0 fully saturated rings. The lowest BCUT2D eigenvalue weighted by Gasteiger charge is -2.24. The molecule has 0 bridgehead atoms. The molecule has 0 aliphatic heterocycles. The standard InChI is InChI=1S/C15H32N2O5Si/c1-14(18)16-10-12-17(15(2)19)11-8-6-7-9-13-23(20-3,21-4)22-5/h6-13H2,1-5H3,(H,16,18).